The van der Waals surface area contributed by atoms with Crippen molar-refractivity contribution in [3.8, 4) is 11.1 Å². The molecule has 2 aliphatic rings. The maximum Gasteiger partial charge on any atom is -0.0623 e. The number of hydrogen-bond acceptors (Lipinski definition) is 0. The molecule has 0 spiro atoms. The fraction of sp³-hybridized carbons (Fsp3) is 0.343. The molecule has 0 unspecified atom stereocenters. The Balaban J connectivity index is 0.000000358. The summed E-state index contributed by atoms with van der Waals surface area (Å²) in [5.41, 5.74) is 11.3. The number of benzene rings is 3. The van der Waals surface area contributed by atoms with Crippen LogP contribution in [0, 0.1) is 12.1 Å². The van der Waals surface area contributed by atoms with Crippen LogP contribution in [0.5, 0.6) is 0 Å². The molecule has 3 heteroatoms. The van der Waals surface area contributed by atoms with Crippen LogP contribution in [0.2, 0.25) is 0 Å². The first kappa shape index (κ1) is 34.5. The first-order valence-electron chi connectivity index (χ1n) is 12.9. The zero-order valence-corrected chi connectivity index (χ0v) is 28.1. The zero-order chi connectivity index (χ0) is 26.5. The molecule has 0 radical (unpaired) electrons. The minimum Gasteiger partial charge on any atom is -1.00 e. The molecule has 0 saturated carbocycles. The van der Waals surface area contributed by atoms with E-state index < -0.39 is 0 Å². The molecule has 0 fully saturated rings. The van der Waals surface area contributed by atoms with Crippen LogP contribution in [0.15, 0.2) is 72.8 Å². The average Bonchev–Trinajstić information content (AvgIpc) is 3.46. The molecule has 0 heterocycles. The molecule has 0 bridgehead atoms. The van der Waals surface area contributed by atoms with E-state index in [0.717, 1.165) is 12.8 Å². The maximum atomic E-state index is 3.67. The summed E-state index contributed by atoms with van der Waals surface area (Å²) in [6.07, 6.45) is 9.38. The van der Waals surface area contributed by atoms with Gasteiger partial charge in [0.1, 0.15) is 0 Å². The van der Waals surface area contributed by atoms with Crippen LogP contribution in [0.25, 0.3) is 16.7 Å². The second kappa shape index (κ2) is 14.7. The summed E-state index contributed by atoms with van der Waals surface area (Å²) in [7, 11) is 0. The third-order valence-corrected chi connectivity index (χ3v) is 6.27. The topological polar surface area (TPSA) is 0 Å². The number of rotatable bonds is 1. The molecule has 5 rings (SSSR count). The molecule has 0 atom stereocenters. The van der Waals surface area contributed by atoms with Crippen LogP contribution < -0.4 is 24.8 Å². The Morgan fingerprint density at radius 3 is 1.92 bits per heavy atom. The summed E-state index contributed by atoms with van der Waals surface area (Å²) >= 11 is 1.55. The van der Waals surface area contributed by atoms with Crippen molar-refractivity contribution in [3.05, 3.63) is 113 Å². The quantitative estimate of drug-likeness (QED) is 0.286. The Kier molecular flexibility index (Phi) is 13.4. The molecule has 0 N–H and O–H groups in total. The molecule has 38 heavy (non-hydrogen) atoms. The van der Waals surface area contributed by atoms with Crippen molar-refractivity contribution in [2.24, 2.45) is 0 Å². The van der Waals surface area contributed by atoms with E-state index in [1.54, 1.807) is 24.2 Å². The van der Waals surface area contributed by atoms with Crippen LogP contribution >= 0.6 is 0 Å². The summed E-state index contributed by atoms with van der Waals surface area (Å²) in [6.45, 7) is 17.8. The van der Waals surface area contributed by atoms with Crippen molar-refractivity contribution in [2.45, 2.75) is 79.1 Å². The van der Waals surface area contributed by atoms with Gasteiger partial charge in [-0.3, -0.25) is 6.08 Å². The Bertz CT molecular complexity index is 1200. The van der Waals surface area contributed by atoms with E-state index in [1.165, 1.54) is 47.7 Å². The molecule has 0 aromatic heterocycles. The Morgan fingerprint density at radius 2 is 1.39 bits per heavy atom. The van der Waals surface area contributed by atoms with Crippen LogP contribution in [-0.2, 0) is 41.5 Å². The van der Waals surface area contributed by atoms with Crippen molar-refractivity contribution in [1.29, 1.82) is 0 Å². The molecule has 0 amide bonds. The van der Waals surface area contributed by atoms with E-state index in [9.17, 15) is 0 Å². The average molecular weight is 623 g/mol. The summed E-state index contributed by atoms with van der Waals surface area (Å²) in [5, 5.41) is 0. The van der Waals surface area contributed by atoms with Gasteiger partial charge in [0.2, 0.25) is 0 Å². The van der Waals surface area contributed by atoms with E-state index >= 15 is 0 Å². The number of allylic oxidation sites excluding steroid dienone is 4. The third-order valence-electron chi connectivity index (χ3n) is 6.27. The summed E-state index contributed by atoms with van der Waals surface area (Å²) in [4.78, 5) is 0. The van der Waals surface area contributed by atoms with E-state index in [4.69, 9.17) is 0 Å². The molecule has 200 valence electrons. The van der Waals surface area contributed by atoms with Gasteiger partial charge in [-0.05, 0) is 28.4 Å². The Labute approximate surface area is 259 Å². The standard InChI is InChI=1S/C21H25.C11H9.C3H6.2ClH.Zr/c1-20(2,3)16-7-9-18-14(12-16)11-15-13-17(21(4,5)6)8-10-19(15)18;1-2-6-10(7-3-1)11-8-4-5-9-11;1-3-2;;;/h7-10,12H,11H2,1-6H3;1-3,6-9H,4H2;1-2H3;2*1H;/q2*-1;;;;+2/p-2. The van der Waals surface area contributed by atoms with Crippen LogP contribution in [0.4, 0.5) is 0 Å². The van der Waals surface area contributed by atoms with Gasteiger partial charge in [-0.15, -0.1) is 23.1 Å². The predicted molar refractivity (Wildman–Crippen MR) is 154 cm³/mol. The van der Waals surface area contributed by atoms with Gasteiger partial charge in [0.05, 0.1) is 0 Å². The SMILES string of the molecule is CC(C)(C)c1[c-]c2c(cc1)-c1ccc(C(C)(C)C)cc1C2.C[C](C)=[Zr+2].[C-]1=CC(c2ccccc2)=CC1.[Cl-].[Cl-]. The number of fused-ring (bicyclic) bond motifs is 3. The normalized spacial score (nSPS) is 12.8. The van der Waals surface area contributed by atoms with E-state index in [1.807, 2.05) is 6.07 Å². The van der Waals surface area contributed by atoms with Gasteiger partial charge >= 0.3 is 41.3 Å². The fourth-order valence-corrected chi connectivity index (χ4v) is 4.26. The second-order valence-corrected chi connectivity index (χ2v) is 14.3. The Hall–Kier alpha value is -1.53. The first-order chi connectivity index (χ1) is 16.9. The van der Waals surface area contributed by atoms with Crippen molar-refractivity contribution in [2.75, 3.05) is 0 Å². The van der Waals surface area contributed by atoms with Crippen molar-refractivity contribution in [1.82, 2.24) is 0 Å². The van der Waals surface area contributed by atoms with E-state index in [0.29, 0.717) is 0 Å². The fourth-order valence-electron chi connectivity index (χ4n) is 4.26. The second-order valence-electron chi connectivity index (χ2n) is 11.9. The van der Waals surface area contributed by atoms with Gasteiger partial charge < -0.3 is 24.8 Å². The monoisotopic (exact) mass is 620 g/mol. The third kappa shape index (κ3) is 9.59. The molecule has 0 saturated heterocycles. The van der Waals surface area contributed by atoms with Gasteiger partial charge in [-0.25, -0.2) is 6.08 Å². The summed E-state index contributed by atoms with van der Waals surface area (Å²) in [6, 6.07) is 25.6. The molecule has 3 aromatic rings. The van der Waals surface area contributed by atoms with Crippen molar-refractivity contribution in [3.63, 3.8) is 0 Å². The Morgan fingerprint density at radius 1 is 0.789 bits per heavy atom. The predicted octanol–water partition coefficient (Wildman–Crippen LogP) is 3.24. The summed E-state index contributed by atoms with van der Waals surface area (Å²) in [5.74, 6) is 0. The van der Waals surface area contributed by atoms with Crippen molar-refractivity contribution >= 4 is 8.78 Å². The van der Waals surface area contributed by atoms with Gasteiger partial charge in [-0.2, -0.15) is 35.4 Å². The van der Waals surface area contributed by atoms with E-state index in [-0.39, 0.29) is 35.6 Å². The maximum absolute atomic E-state index is 3.67. The molecule has 2 aliphatic carbocycles. The summed E-state index contributed by atoms with van der Waals surface area (Å²) < 4.78 is 1.51. The van der Waals surface area contributed by atoms with Gasteiger partial charge in [0.25, 0.3) is 0 Å². The van der Waals surface area contributed by atoms with Gasteiger partial charge in [-0.1, -0.05) is 95.6 Å². The van der Waals surface area contributed by atoms with E-state index in [2.05, 4.69) is 134 Å². The largest absolute Gasteiger partial charge is 1.00 e. The minimum absolute atomic E-state index is 0. The molecule has 0 nitrogen and oxygen atoms in total. The minimum atomic E-state index is 0. The smallest absolute Gasteiger partial charge is 0.0623 e. The number of hydrogen-bond donors (Lipinski definition) is 0. The number of halogens is 2. The van der Waals surface area contributed by atoms with Crippen molar-refractivity contribution < 1.29 is 49.0 Å². The van der Waals surface area contributed by atoms with Crippen LogP contribution in [0.3, 0.4) is 0 Å². The molecule has 0 aliphatic heterocycles. The van der Waals surface area contributed by atoms with Crippen LogP contribution in [-0.4, -0.2) is 3.21 Å². The van der Waals surface area contributed by atoms with Crippen LogP contribution in [0.1, 0.15) is 89.6 Å². The zero-order valence-electron chi connectivity index (χ0n) is 24.1. The van der Waals surface area contributed by atoms with Gasteiger partial charge in [0, 0.05) is 0 Å². The molecular weight excluding hydrogens is 583 g/mol. The molecule has 3 aromatic carbocycles. The van der Waals surface area contributed by atoms with Gasteiger partial charge in [0.15, 0.2) is 0 Å². The first-order valence-corrected chi connectivity index (χ1v) is 14.1. The molecular formula is C35H40Cl2Zr-2.